The molecule has 2 bridgehead atoms. The van der Waals surface area contributed by atoms with Crippen LogP contribution in [0.5, 0.6) is 0 Å². The van der Waals surface area contributed by atoms with E-state index in [9.17, 15) is 4.79 Å². The largest absolute Gasteiger partial charge is 0.377 e. The molecule has 3 rings (SSSR count). The number of nitrogens with two attached hydrogens (primary N) is 1. The Labute approximate surface area is 153 Å². The Balaban J connectivity index is 1.38. The fraction of sp³-hybridized carbons (Fsp3) is 0.950. The van der Waals surface area contributed by atoms with Gasteiger partial charge in [0.15, 0.2) is 0 Å². The second-order valence-corrected chi connectivity index (χ2v) is 8.74. The maximum Gasteiger partial charge on any atom is 0.223 e. The van der Waals surface area contributed by atoms with Crippen molar-refractivity contribution < 1.29 is 9.53 Å². The van der Waals surface area contributed by atoms with Crippen LogP contribution in [0.2, 0.25) is 0 Å². The zero-order valence-corrected chi connectivity index (χ0v) is 16.1. The molecule has 0 aromatic heterocycles. The molecule has 1 aliphatic heterocycles. The van der Waals surface area contributed by atoms with Crippen LogP contribution in [0.15, 0.2) is 0 Å². The van der Waals surface area contributed by atoms with Crippen molar-refractivity contribution in [2.75, 3.05) is 26.2 Å². The molecule has 1 saturated heterocycles. The first kappa shape index (κ1) is 19.1. The third kappa shape index (κ3) is 5.18. The number of fused-ring (bicyclic) bond motifs is 2. The van der Waals surface area contributed by atoms with E-state index in [1.54, 1.807) is 0 Å². The lowest BCUT2D eigenvalue weighted by Gasteiger charge is -2.44. The fourth-order valence-electron chi connectivity index (χ4n) is 5.04. The molecule has 3 aliphatic rings. The van der Waals surface area contributed by atoms with Gasteiger partial charge in [0, 0.05) is 37.6 Å². The van der Waals surface area contributed by atoms with Gasteiger partial charge in [-0.05, 0) is 64.2 Å². The Kier molecular flexibility index (Phi) is 6.75. The highest BCUT2D eigenvalue weighted by Crippen LogP contribution is 2.41. The van der Waals surface area contributed by atoms with E-state index >= 15 is 0 Å². The normalized spacial score (nSPS) is 34.2. The first-order valence-corrected chi connectivity index (χ1v) is 10.4. The summed E-state index contributed by atoms with van der Waals surface area (Å²) in [6.45, 7) is 8.09. The molecule has 2 aliphatic carbocycles. The number of hydrogen-bond donors (Lipinski definition) is 2. The lowest BCUT2D eigenvalue weighted by molar-refractivity contribution is -0.129. The Hall–Kier alpha value is -0.650. The molecule has 5 nitrogen and oxygen atoms in total. The molecule has 1 heterocycles. The molecule has 25 heavy (non-hydrogen) atoms. The fourth-order valence-corrected chi connectivity index (χ4v) is 5.04. The van der Waals surface area contributed by atoms with Gasteiger partial charge in [-0.1, -0.05) is 6.42 Å². The Morgan fingerprint density at radius 2 is 1.80 bits per heavy atom. The van der Waals surface area contributed by atoms with Gasteiger partial charge in [-0.3, -0.25) is 4.79 Å². The van der Waals surface area contributed by atoms with E-state index in [4.69, 9.17) is 10.5 Å². The molecule has 2 saturated carbocycles. The summed E-state index contributed by atoms with van der Waals surface area (Å²) in [5.41, 5.74) is 6.36. The van der Waals surface area contributed by atoms with Crippen molar-refractivity contribution in [2.24, 2.45) is 23.5 Å². The topological polar surface area (TPSA) is 67.6 Å². The van der Waals surface area contributed by atoms with E-state index in [1.807, 2.05) is 0 Å². The number of rotatable bonds is 6. The minimum Gasteiger partial charge on any atom is -0.377 e. The number of likely N-dealkylation sites (tertiary alicyclic amines) is 1. The van der Waals surface area contributed by atoms with E-state index in [0.29, 0.717) is 35.9 Å². The molecular formula is C20H37N3O2. The molecule has 0 spiro atoms. The number of ether oxygens (including phenoxy) is 1. The Morgan fingerprint density at radius 3 is 2.40 bits per heavy atom. The first-order valence-electron chi connectivity index (χ1n) is 10.4. The monoisotopic (exact) mass is 351 g/mol. The molecule has 0 radical (unpaired) electrons. The van der Waals surface area contributed by atoms with Gasteiger partial charge in [0.2, 0.25) is 5.91 Å². The Bertz CT molecular complexity index is 421. The summed E-state index contributed by atoms with van der Waals surface area (Å²) in [4.78, 5) is 15.2. The average molecular weight is 352 g/mol. The molecule has 3 fully saturated rings. The van der Waals surface area contributed by atoms with Crippen LogP contribution in [0.1, 0.15) is 58.8 Å². The Morgan fingerprint density at radius 1 is 1.16 bits per heavy atom. The van der Waals surface area contributed by atoms with E-state index in [2.05, 4.69) is 24.1 Å². The maximum atomic E-state index is 12.7. The molecule has 0 aromatic carbocycles. The van der Waals surface area contributed by atoms with Gasteiger partial charge in [-0.2, -0.15) is 0 Å². The lowest BCUT2D eigenvalue weighted by atomic mass is 9.65. The smallest absolute Gasteiger partial charge is 0.223 e. The van der Waals surface area contributed by atoms with Crippen LogP contribution in [0.3, 0.4) is 0 Å². The van der Waals surface area contributed by atoms with Gasteiger partial charge in [-0.25, -0.2) is 0 Å². The summed E-state index contributed by atoms with van der Waals surface area (Å²) in [5, 5.41) is 3.35. The summed E-state index contributed by atoms with van der Waals surface area (Å²) < 4.78 is 5.64. The highest BCUT2D eigenvalue weighted by atomic mass is 16.5. The predicted octanol–water partition coefficient (Wildman–Crippen LogP) is 2.15. The van der Waals surface area contributed by atoms with Crippen LogP contribution in [0.4, 0.5) is 0 Å². The number of carbonyl (C=O) groups excluding carboxylic acids is 1. The van der Waals surface area contributed by atoms with Gasteiger partial charge in [-0.15, -0.1) is 0 Å². The minimum atomic E-state index is 0.201. The number of nitrogens with one attached hydrogen (secondary N) is 1. The van der Waals surface area contributed by atoms with Gasteiger partial charge in [0.25, 0.3) is 0 Å². The van der Waals surface area contributed by atoms with Crippen molar-refractivity contribution >= 4 is 5.91 Å². The van der Waals surface area contributed by atoms with Crippen molar-refractivity contribution in [3.8, 4) is 0 Å². The summed E-state index contributed by atoms with van der Waals surface area (Å²) in [5.74, 6) is 1.65. The van der Waals surface area contributed by atoms with E-state index < -0.39 is 0 Å². The van der Waals surface area contributed by atoms with Crippen LogP contribution >= 0.6 is 0 Å². The third-order valence-corrected chi connectivity index (χ3v) is 6.58. The molecule has 1 amide bonds. The molecule has 144 valence electrons. The highest BCUT2D eigenvalue weighted by Gasteiger charge is 2.40. The van der Waals surface area contributed by atoms with Crippen molar-refractivity contribution in [1.29, 1.82) is 0 Å². The summed E-state index contributed by atoms with van der Waals surface area (Å²) in [6.07, 6.45) is 8.19. The molecular weight excluding hydrogens is 314 g/mol. The van der Waals surface area contributed by atoms with Crippen molar-refractivity contribution in [2.45, 2.75) is 77.0 Å². The van der Waals surface area contributed by atoms with Crippen LogP contribution in [-0.4, -0.2) is 55.2 Å². The average Bonchev–Trinajstić information content (AvgIpc) is 2.56. The number of piperidine rings is 1. The van der Waals surface area contributed by atoms with Crippen molar-refractivity contribution in [3.63, 3.8) is 0 Å². The summed E-state index contributed by atoms with van der Waals surface area (Å²) in [7, 11) is 0. The second-order valence-electron chi connectivity index (χ2n) is 8.74. The van der Waals surface area contributed by atoms with Crippen molar-refractivity contribution in [3.05, 3.63) is 0 Å². The molecule has 2 atom stereocenters. The predicted molar refractivity (Wildman–Crippen MR) is 100 cm³/mol. The van der Waals surface area contributed by atoms with Crippen LogP contribution in [0, 0.1) is 17.8 Å². The molecule has 5 heteroatoms. The standard InChI is InChI=1S/C20H37N3O2/c1-14(2)25-11-10-23-8-6-18(7-9-23)22-20(24)17-12-15-4-3-5-16(13-17)19(15)21/h14-19H,3-13,21H2,1-2H3,(H,22,24). The minimum absolute atomic E-state index is 0.201. The zero-order valence-electron chi connectivity index (χ0n) is 16.1. The van der Waals surface area contributed by atoms with Gasteiger partial charge >= 0.3 is 0 Å². The number of carbonyl (C=O) groups is 1. The van der Waals surface area contributed by atoms with Crippen LogP contribution in [0.25, 0.3) is 0 Å². The summed E-state index contributed by atoms with van der Waals surface area (Å²) >= 11 is 0. The molecule has 2 unspecified atom stereocenters. The quantitative estimate of drug-likeness (QED) is 0.769. The van der Waals surface area contributed by atoms with E-state index in [1.165, 1.54) is 19.3 Å². The summed E-state index contributed by atoms with van der Waals surface area (Å²) in [6, 6.07) is 0.694. The zero-order chi connectivity index (χ0) is 17.8. The highest BCUT2D eigenvalue weighted by molar-refractivity contribution is 5.79. The first-order chi connectivity index (χ1) is 12.0. The van der Waals surface area contributed by atoms with E-state index in [0.717, 1.165) is 51.9 Å². The van der Waals surface area contributed by atoms with Crippen molar-refractivity contribution in [1.82, 2.24) is 10.2 Å². The van der Waals surface area contributed by atoms with Gasteiger partial charge < -0.3 is 20.7 Å². The van der Waals surface area contributed by atoms with Gasteiger partial charge in [0.05, 0.1) is 12.7 Å². The molecule has 3 N–H and O–H groups in total. The third-order valence-electron chi connectivity index (χ3n) is 6.58. The molecule has 0 aromatic rings. The number of hydrogen-bond acceptors (Lipinski definition) is 4. The maximum absolute atomic E-state index is 12.7. The SMILES string of the molecule is CC(C)OCCN1CCC(NC(=O)C2CC3CCCC(C2)C3N)CC1. The van der Waals surface area contributed by atoms with Gasteiger partial charge in [0.1, 0.15) is 0 Å². The number of amides is 1. The van der Waals surface area contributed by atoms with Crippen LogP contribution in [-0.2, 0) is 9.53 Å². The number of nitrogens with zero attached hydrogens (tertiary/aromatic N) is 1. The lowest BCUT2D eigenvalue weighted by Crippen LogP contribution is -2.51. The van der Waals surface area contributed by atoms with E-state index in [-0.39, 0.29) is 5.92 Å². The second kappa shape index (κ2) is 8.83. The van der Waals surface area contributed by atoms with Crippen LogP contribution < -0.4 is 11.1 Å².